The van der Waals surface area contributed by atoms with E-state index in [2.05, 4.69) is 6.92 Å². The molecule has 1 aromatic rings. The third-order valence-electron chi connectivity index (χ3n) is 4.64. The highest BCUT2D eigenvalue weighted by Gasteiger charge is 2.43. The van der Waals surface area contributed by atoms with Crippen molar-refractivity contribution in [2.45, 2.75) is 49.6 Å². The number of thioether (sulfide) groups is 1. The van der Waals surface area contributed by atoms with Gasteiger partial charge in [0.2, 0.25) is 15.9 Å². The molecule has 0 bridgehead atoms. The lowest BCUT2D eigenvalue weighted by atomic mass is 10.1. The summed E-state index contributed by atoms with van der Waals surface area (Å²) in [5.74, 6) is 0.797. The van der Waals surface area contributed by atoms with Crippen molar-refractivity contribution in [1.82, 2.24) is 9.21 Å². The zero-order chi connectivity index (χ0) is 17.3. The number of hydrogen-bond acceptors (Lipinski definition) is 4. The standard InChI is InChI=1S/C17H24N2O3S2/c1-3-4-13-5-9-15(10-6-13)24(21,22)19-12-23-11-16(19)17(20)18(2)14-7-8-14/h5-6,9-10,14,16H,3-4,7-8,11-12H2,1-2H3. The van der Waals surface area contributed by atoms with Gasteiger partial charge in [-0.25, -0.2) is 8.42 Å². The number of hydrogen-bond donors (Lipinski definition) is 0. The minimum absolute atomic E-state index is 0.0753. The summed E-state index contributed by atoms with van der Waals surface area (Å²) in [5.41, 5.74) is 1.13. The Bertz CT molecular complexity index is 699. The predicted octanol–water partition coefficient (Wildman–Crippen LogP) is 2.32. The normalized spacial score (nSPS) is 21.8. The van der Waals surface area contributed by atoms with E-state index in [4.69, 9.17) is 0 Å². The second kappa shape index (κ2) is 7.06. The number of nitrogens with zero attached hydrogens (tertiary/aromatic N) is 2. The minimum atomic E-state index is -3.64. The highest BCUT2D eigenvalue weighted by atomic mass is 32.2. The van der Waals surface area contributed by atoms with Gasteiger partial charge in [0.15, 0.2) is 0 Å². The molecular formula is C17H24N2O3S2. The number of sulfonamides is 1. The van der Waals surface area contributed by atoms with Crippen LogP contribution in [0.5, 0.6) is 0 Å². The molecule has 7 heteroatoms. The van der Waals surface area contributed by atoms with Crippen LogP contribution in [0.15, 0.2) is 29.2 Å². The summed E-state index contributed by atoms with van der Waals surface area (Å²) in [7, 11) is -1.85. The van der Waals surface area contributed by atoms with Gasteiger partial charge in [-0.15, -0.1) is 11.8 Å². The van der Waals surface area contributed by atoms with Crippen molar-refractivity contribution in [3.05, 3.63) is 29.8 Å². The molecule has 1 saturated carbocycles. The van der Waals surface area contributed by atoms with Crippen molar-refractivity contribution in [3.63, 3.8) is 0 Å². The van der Waals surface area contributed by atoms with Crippen molar-refractivity contribution in [2.24, 2.45) is 0 Å². The molecule has 1 unspecified atom stereocenters. The predicted molar refractivity (Wildman–Crippen MR) is 96.4 cm³/mol. The van der Waals surface area contributed by atoms with Gasteiger partial charge in [0.1, 0.15) is 6.04 Å². The first-order valence-electron chi connectivity index (χ1n) is 8.40. The van der Waals surface area contributed by atoms with Crippen molar-refractivity contribution >= 4 is 27.7 Å². The fraction of sp³-hybridized carbons (Fsp3) is 0.588. The lowest BCUT2D eigenvalue weighted by Gasteiger charge is -2.26. The topological polar surface area (TPSA) is 57.7 Å². The van der Waals surface area contributed by atoms with Crippen molar-refractivity contribution in [3.8, 4) is 0 Å². The molecule has 2 aliphatic rings. The monoisotopic (exact) mass is 368 g/mol. The van der Waals surface area contributed by atoms with Crippen LogP contribution in [-0.4, -0.2) is 54.3 Å². The maximum atomic E-state index is 13.0. The fourth-order valence-corrected chi connectivity index (χ4v) is 6.12. The fourth-order valence-electron chi connectivity index (χ4n) is 2.99. The molecule has 2 fully saturated rings. The van der Waals surface area contributed by atoms with Crippen LogP contribution in [0.4, 0.5) is 0 Å². The van der Waals surface area contributed by atoms with Crippen molar-refractivity contribution < 1.29 is 13.2 Å². The van der Waals surface area contributed by atoms with Gasteiger partial charge in [-0.2, -0.15) is 4.31 Å². The van der Waals surface area contributed by atoms with Crippen LogP contribution in [-0.2, 0) is 21.2 Å². The van der Waals surface area contributed by atoms with Gasteiger partial charge in [0.05, 0.1) is 10.8 Å². The summed E-state index contributed by atoms with van der Waals surface area (Å²) in [6.07, 6.45) is 4.01. The summed E-state index contributed by atoms with van der Waals surface area (Å²) >= 11 is 1.50. The Morgan fingerprint density at radius 3 is 2.54 bits per heavy atom. The molecule has 1 amide bonds. The zero-order valence-electron chi connectivity index (χ0n) is 14.1. The molecule has 0 aromatic heterocycles. The van der Waals surface area contributed by atoms with Crippen LogP contribution in [0.1, 0.15) is 31.7 Å². The number of carbonyl (C=O) groups is 1. The Labute approximate surface area is 148 Å². The van der Waals surface area contributed by atoms with Gasteiger partial charge in [0, 0.05) is 18.8 Å². The Morgan fingerprint density at radius 1 is 1.29 bits per heavy atom. The van der Waals surface area contributed by atoms with E-state index in [1.165, 1.54) is 16.1 Å². The molecule has 1 atom stereocenters. The molecule has 3 rings (SSSR count). The molecular weight excluding hydrogens is 344 g/mol. The maximum absolute atomic E-state index is 13.0. The molecule has 0 spiro atoms. The molecule has 1 saturated heterocycles. The van der Waals surface area contributed by atoms with Crippen LogP contribution >= 0.6 is 11.8 Å². The quantitative estimate of drug-likeness (QED) is 0.773. The average Bonchev–Trinajstić information content (AvgIpc) is 3.30. The summed E-state index contributed by atoms with van der Waals surface area (Å²) < 4.78 is 27.3. The van der Waals surface area contributed by atoms with Crippen molar-refractivity contribution in [2.75, 3.05) is 18.7 Å². The second-order valence-corrected chi connectivity index (χ2v) is 9.37. The van der Waals surface area contributed by atoms with E-state index in [9.17, 15) is 13.2 Å². The molecule has 1 aromatic carbocycles. The number of amides is 1. The summed E-state index contributed by atoms with van der Waals surface area (Å²) in [5, 5.41) is 0. The largest absolute Gasteiger partial charge is 0.341 e. The highest BCUT2D eigenvalue weighted by molar-refractivity contribution is 8.00. The number of aryl methyl sites for hydroxylation is 1. The molecule has 24 heavy (non-hydrogen) atoms. The van der Waals surface area contributed by atoms with Crippen LogP contribution in [0.25, 0.3) is 0 Å². The lowest BCUT2D eigenvalue weighted by Crippen LogP contribution is -2.48. The number of rotatable bonds is 6. The van der Waals surface area contributed by atoms with Crippen LogP contribution in [0.2, 0.25) is 0 Å². The van der Waals surface area contributed by atoms with Crippen LogP contribution in [0, 0.1) is 0 Å². The Morgan fingerprint density at radius 2 is 1.96 bits per heavy atom. The summed E-state index contributed by atoms with van der Waals surface area (Å²) in [6, 6.07) is 6.77. The second-order valence-electron chi connectivity index (χ2n) is 6.48. The number of likely N-dealkylation sites (N-methyl/N-ethyl adjacent to an activating group) is 1. The minimum Gasteiger partial charge on any atom is -0.341 e. The summed E-state index contributed by atoms with van der Waals surface area (Å²) in [6.45, 7) is 2.10. The van der Waals surface area contributed by atoms with E-state index < -0.39 is 16.1 Å². The van der Waals surface area contributed by atoms with Gasteiger partial charge in [-0.1, -0.05) is 25.5 Å². The van der Waals surface area contributed by atoms with E-state index in [1.54, 1.807) is 24.1 Å². The number of benzene rings is 1. The van der Waals surface area contributed by atoms with Gasteiger partial charge in [0.25, 0.3) is 0 Å². The van der Waals surface area contributed by atoms with E-state index in [-0.39, 0.29) is 10.8 Å². The van der Waals surface area contributed by atoms with Crippen LogP contribution in [0.3, 0.4) is 0 Å². The molecule has 5 nitrogen and oxygen atoms in total. The highest BCUT2D eigenvalue weighted by Crippen LogP contribution is 2.32. The van der Waals surface area contributed by atoms with Crippen LogP contribution < -0.4 is 0 Å². The Balaban J connectivity index is 1.80. The molecule has 1 heterocycles. The maximum Gasteiger partial charge on any atom is 0.244 e. The molecule has 0 N–H and O–H groups in total. The first-order valence-corrected chi connectivity index (χ1v) is 11.0. The third kappa shape index (κ3) is 3.48. The molecule has 1 aliphatic heterocycles. The first kappa shape index (κ1) is 17.8. The van der Waals surface area contributed by atoms with Crippen molar-refractivity contribution in [1.29, 1.82) is 0 Å². The van der Waals surface area contributed by atoms with Gasteiger partial charge in [-0.05, 0) is 37.0 Å². The number of carbonyl (C=O) groups excluding carboxylic acids is 1. The molecule has 132 valence electrons. The molecule has 0 radical (unpaired) electrons. The first-order chi connectivity index (χ1) is 11.4. The Kier molecular flexibility index (Phi) is 5.22. The zero-order valence-corrected chi connectivity index (χ0v) is 15.8. The Hall–Kier alpha value is -1.05. The average molecular weight is 369 g/mol. The summed E-state index contributed by atoms with van der Waals surface area (Å²) in [4.78, 5) is 14.7. The smallest absolute Gasteiger partial charge is 0.244 e. The van der Waals surface area contributed by atoms with E-state index in [0.29, 0.717) is 17.7 Å². The van der Waals surface area contributed by atoms with Gasteiger partial charge < -0.3 is 4.90 Å². The van der Waals surface area contributed by atoms with E-state index in [1.807, 2.05) is 12.1 Å². The van der Waals surface area contributed by atoms with E-state index >= 15 is 0 Å². The third-order valence-corrected chi connectivity index (χ3v) is 7.68. The SMILES string of the molecule is CCCc1ccc(S(=O)(=O)N2CSCC2C(=O)N(C)C2CC2)cc1. The van der Waals surface area contributed by atoms with E-state index in [0.717, 1.165) is 31.2 Å². The van der Waals surface area contributed by atoms with Gasteiger partial charge >= 0.3 is 0 Å². The lowest BCUT2D eigenvalue weighted by molar-refractivity contribution is -0.133. The molecule has 1 aliphatic carbocycles. The van der Waals surface area contributed by atoms with Gasteiger partial charge in [-0.3, -0.25) is 4.79 Å².